The van der Waals surface area contributed by atoms with Crippen molar-refractivity contribution in [3.8, 4) is 17.4 Å². The third-order valence-electron chi connectivity index (χ3n) is 6.04. The molecule has 4 aromatic rings. The summed E-state index contributed by atoms with van der Waals surface area (Å²) in [5, 5.41) is 14.9. The number of nitrogens with zero attached hydrogens (tertiary/aromatic N) is 5. The number of rotatable bonds is 8. The number of halogens is 1. The van der Waals surface area contributed by atoms with E-state index >= 15 is 0 Å². The lowest BCUT2D eigenvalue weighted by Crippen LogP contribution is -2.46. The van der Waals surface area contributed by atoms with Crippen LogP contribution in [-0.4, -0.2) is 43.9 Å². The Morgan fingerprint density at radius 1 is 1.18 bits per heavy atom. The molecule has 0 unspecified atom stereocenters. The van der Waals surface area contributed by atoms with Gasteiger partial charge in [-0.3, -0.25) is 4.98 Å². The van der Waals surface area contributed by atoms with Gasteiger partial charge in [0, 0.05) is 25.4 Å². The van der Waals surface area contributed by atoms with Gasteiger partial charge in [-0.1, -0.05) is 12.1 Å². The standard InChI is InChI=1S/C25H26BrN5O3/c1-25(32)11-18(12-25)16-30(15-17-5-7-19(33-2)8-6-17)23-10-22(34-20-4-3-9-27-13-20)29-24-21(26)14-28-31(23)24/h3-10,13-14,18,32H,11-12,15-16H2,1-2H3/t18-,25-. The van der Waals surface area contributed by atoms with Gasteiger partial charge < -0.3 is 19.5 Å². The predicted molar refractivity (Wildman–Crippen MR) is 132 cm³/mol. The van der Waals surface area contributed by atoms with Crippen molar-refractivity contribution in [2.24, 2.45) is 5.92 Å². The van der Waals surface area contributed by atoms with Crippen LogP contribution in [-0.2, 0) is 6.54 Å². The van der Waals surface area contributed by atoms with E-state index in [0.29, 0.717) is 29.7 Å². The molecular weight excluding hydrogens is 498 g/mol. The average molecular weight is 524 g/mol. The maximum Gasteiger partial charge on any atom is 0.225 e. The van der Waals surface area contributed by atoms with E-state index < -0.39 is 5.60 Å². The lowest BCUT2D eigenvalue weighted by atomic mass is 9.72. The minimum atomic E-state index is -0.590. The van der Waals surface area contributed by atoms with E-state index in [1.54, 1.807) is 25.7 Å². The quantitative estimate of drug-likeness (QED) is 0.353. The van der Waals surface area contributed by atoms with Crippen LogP contribution < -0.4 is 14.4 Å². The largest absolute Gasteiger partial charge is 0.497 e. The van der Waals surface area contributed by atoms with Gasteiger partial charge in [-0.05, 0) is 71.4 Å². The minimum absolute atomic E-state index is 0.373. The maximum absolute atomic E-state index is 10.3. The van der Waals surface area contributed by atoms with E-state index in [4.69, 9.17) is 9.47 Å². The van der Waals surface area contributed by atoms with Crippen molar-refractivity contribution in [2.75, 3.05) is 18.6 Å². The highest BCUT2D eigenvalue weighted by Gasteiger charge is 2.39. The summed E-state index contributed by atoms with van der Waals surface area (Å²) in [6.45, 7) is 3.32. The van der Waals surface area contributed by atoms with E-state index in [0.717, 1.165) is 41.0 Å². The summed E-state index contributed by atoms with van der Waals surface area (Å²) >= 11 is 3.56. The van der Waals surface area contributed by atoms with E-state index in [1.165, 1.54) is 0 Å². The smallest absolute Gasteiger partial charge is 0.225 e. The molecule has 1 aliphatic carbocycles. The van der Waals surface area contributed by atoms with Gasteiger partial charge >= 0.3 is 0 Å². The molecule has 1 saturated carbocycles. The van der Waals surface area contributed by atoms with Gasteiger partial charge in [0.05, 0.1) is 29.6 Å². The Bertz CT molecular complexity index is 1270. The van der Waals surface area contributed by atoms with Crippen LogP contribution in [0.5, 0.6) is 17.4 Å². The molecule has 3 aromatic heterocycles. The number of ether oxygens (including phenoxy) is 2. The first kappa shape index (κ1) is 22.6. The summed E-state index contributed by atoms with van der Waals surface area (Å²) in [4.78, 5) is 11.1. The van der Waals surface area contributed by atoms with Crippen molar-refractivity contribution < 1.29 is 14.6 Å². The summed E-state index contributed by atoms with van der Waals surface area (Å²) in [6, 6.07) is 13.6. The molecule has 1 N–H and O–H groups in total. The second kappa shape index (κ2) is 9.23. The monoisotopic (exact) mass is 523 g/mol. The fourth-order valence-corrected chi connectivity index (χ4v) is 4.87. The van der Waals surface area contributed by atoms with E-state index in [9.17, 15) is 5.11 Å². The molecule has 0 aliphatic heterocycles. The summed E-state index contributed by atoms with van der Waals surface area (Å²) < 4.78 is 14.0. The molecule has 0 radical (unpaired) electrons. The van der Waals surface area contributed by atoms with Crippen molar-refractivity contribution in [2.45, 2.75) is 31.9 Å². The van der Waals surface area contributed by atoms with Crippen LogP contribution >= 0.6 is 15.9 Å². The molecule has 3 heterocycles. The van der Waals surface area contributed by atoms with E-state index in [-0.39, 0.29) is 0 Å². The Balaban J connectivity index is 1.52. The molecule has 0 saturated heterocycles. The number of aromatic nitrogens is 4. The Morgan fingerprint density at radius 2 is 1.97 bits per heavy atom. The lowest BCUT2D eigenvalue weighted by molar-refractivity contribution is -0.0542. The summed E-state index contributed by atoms with van der Waals surface area (Å²) in [5.74, 6) is 3.12. The summed E-state index contributed by atoms with van der Waals surface area (Å²) in [6.07, 6.45) is 6.62. The predicted octanol–water partition coefficient (Wildman–Crippen LogP) is 4.86. The molecule has 1 aromatic carbocycles. The van der Waals surface area contributed by atoms with Gasteiger partial charge in [0.1, 0.15) is 17.3 Å². The number of hydrogen-bond donors (Lipinski definition) is 1. The lowest BCUT2D eigenvalue weighted by Gasteiger charge is -2.43. The first-order valence-electron chi connectivity index (χ1n) is 11.1. The van der Waals surface area contributed by atoms with Crippen molar-refractivity contribution in [3.63, 3.8) is 0 Å². The zero-order valence-electron chi connectivity index (χ0n) is 19.1. The Morgan fingerprint density at radius 3 is 2.65 bits per heavy atom. The molecule has 0 amide bonds. The molecule has 176 valence electrons. The molecule has 9 heteroatoms. The van der Waals surface area contributed by atoms with E-state index in [2.05, 4.69) is 48.0 Å². The highest BCUT2D eigenvalue weighted by molar-refractivity contribution is 9.10. The topological polar surface area (TPSA) is 85.0 Å². The normalized spacial score (nSPS) is 19.6. The third kappa shape index (κ3) is 4.85. The van der Waals surface area contributed by atoms with Gasteiger partial charge in [-0.2, -0.15) is 14.6 Å². The van der Waals surface area contributed by atoms with Crippen LogP contribution in [0, 0.1) is 5.92 Å². The Hall–Kier alpha value is -3.17. The number of methoxy groups -OCH3 is 1. The molecule has 0 bridgehead atoms. The van der Waals surface area contributed by atoms with E-state index in [1.807, 2.05) is 41.8 Å². The minimum Gasteiger partial charge on any atom is -0.497 e. The number of fused-ring (bicyclic) bond motifs is 1. The number of aliphatic hydroxyl groups is 1. The van der Waals surface area contributed by atoms with Gasteiger partial charge in [0.15, 0.2) is 5.65 Å². The molecule has 0 atom stereocenters. The van der Waals surface area contributed by atoms with Gasteiger partial charge in [0.2, 0.25) is 5.88 Å². The molecule has 8 nitrogen and oxygen atoms in total. The molecule has 34 heavy (non-hydrogen) atoms. The van der Waals surface area contributed by atoms with Crippen LogP contribution in [0.15, 0.2) is 65.5 Å². The van der Waals surface area contributed by atoms with Crippen molar-refractivity contribution >= 4 is 27.4 Å². The number of benzene rings is 1. The highest BCUT2D eigenvalue weighted by atomic mass is 79.9. The molecule has 1 fully saturated rings. The van der Waals surface area contributed by atoms with Crippen molar-refractivity contribution in [1.29, 1.82) is 0 Å². The maximum atomic E-state index is 10.3. The second-order valence-electron chi connectivity index (χ2n) is 8.97. The molecule has 5 rings (SSSR count). The first-order valence-corrected chi connectivity index (χ1v) is 11.9. The number of pyridine rings is 1. The van der Waals surface area contributed by atoms with Crippen LogP contribution in [0.25, 0.3) is 5.65 Å². The van der Waals surface area contributed by atoms with Crippen LogP contribution in [0.1, 0.15) is 25.3 Å². The molecule has 1 aliphatic rings. The van der Waals surface area contributed by atoms with Gasteiger partial charge in [-0.15, -0.1) is 0 Å². The van der Waals surface area contributed by atoms with Gasteiger partial charge in [-0.25, -0.2) is 0 Å². The Labute approximate surface area is 206 Å². The van der Waals surface area contributed by atoms with Crippen LogP contribution in [0.4, 0.5) is 5.82 Å². The molecular formula is C25H26BrN5O3. The fourth-order valence-electron chi connectivity index (χ4n) is 4.52. The van der Waals surface area contributed by atoms with Gasteiger partial charge in [0.25, 0.3) is 0 Å². The Kier molecular flexibility index (Phi) is 6.14. The summed E-state index contributed by atoms with van der Waals surface area (Å²) in [5.41, 5.74) is 1.21. The zero-order chi connectivity index (χ0) is 23.7. The van der Waals surface area contributed by atoms with Crippen molar-refractivity contribution in [3.05, 3.63) is 71.1 Å². The number of anilines is 1. The zero-order valence-corrected chi connectivity index (χ0v) is 20.6. The third-order valence-corrected chi connectivity index (χ3v) is 6.59. The second-order valence-corrected chi connectivity index (χ2v) is 9.83. The highest BCUT2D eigenvalue weighted by Crippen LogP contribution is 2.39. The average Bonchev–Trinajstić information content (AvgIpc) is 3.19. The summed E-state index contributed by atoms with van der Waals surface area (Å²) in [7, 11) is 1.66. The van der Waals surface area contributed by atoms with Crippen LogP contribution in [0.2, 0.25) is 0 Å². The first-order chi connectivity index (χ1) is 16.4. The van der Waals surface area contributed by atoms with Crippen LogP contribution in [0.3, 0.4) is 0 Å². The molecule has 0 spiro atoms. The number of hydrogen-bond acceptors (Lipinski definition) is 7. The van der Waals surface area contributed by atoms with Crippen molar-refractivity contribution in [1.82, 2.24) is 19.6 Å². The SMILES string of the molecule is COc1ccc(CN(C[C@H]2C[C@](C)(O)C2)c2cc(Oc3cccnc3)nc3c(Br)cnn23)cc1. The fraction of sp³-hybridized carbons (Fsp3) is 0.320.